The highest BCUT2D eigenvalue weighted by molar-refractivity contribution is 6.30. The number of aliphatic carboxylic acids is 1. The van der Waals surface area contributed by atoms with Crippen LogP contribution in [0.15, 0.2) is 18.2 Å². The van der Waals surface area contributed by atoms with Crippen LogP contribution in [0.2, 0.25) is 5.02 Å². The van der Waals surface area contributed by atoms with Crippen LogP contribution in [0.4, 0.5) is 9.18 Å². The van der Waals surface area contributed by atoms with Gasteiger partial charge in [-0.2, -0.15) is 0 Å². The molecule has 0 aliphatic heterocycles. The molecule has 0 radical (unpaired) electrons. The summed E-state index contributed by atoms with van der Waals surface area (Å²) in [6.45, 7) is 0.307. The molecule has 0 fully saturated rings. The molecule has 0 aliphatic rings. The number of carbonyl (C=O) groups is 2. The molecule has 0 heterocycles. The molecule has 1 aromatic carbocycles. The number of rotatable bonds is 5. The fourth-order valence-electron chi connectivity index (χ4n) is 1.33. The topological polar surface area (TPSA) is 69.6 Å². The van der Waals surface area contributed by atoms with E-state index < -0.39 is 17.8 Å². The van der Waals surface area contributed by atoms with Crippen LogP contribution in [0.3, 0.4) is 0 Å². The van der Waals surface area contributed by atoms with E-state index in [1.54, 1.807) is 0 Å². The van der Waals surface area contributed by atoms with Crippen molar-refractivity contribution in [3.8, 4) is 0 Å². The Balaban J connectivity index is 2.44. The van der Waals surface area contributed by atoms with Crippen molar-refractivity contribution in [1.82, 2.24) is 10.2 Å². The fourth-order valence-corrected chi connectivity index (χ4v) is 1.53. The highest BCUT2D eigenvalue weighted by atomic mass is 35.5. The van der Waals surface area contributed by atoms with Gasteiger partial charge < -0.3 is 15.3 Å². The van der Waals surface area contributed by atoms with E-state index in [2.05, 4.69) is 5.32 Å². The first kappa shape index (κ1) is 15.2. The molecule has 0 aliphatic carbocycles. The lowest BCUT2D eigenvalue weighted by Gasteiger charge is -2.17. The van der Waals surface area contributed by atoms with Crippen LogP contribution in [0.5, 0.6) is 0 Å². The quantitative estimate of drug-likeness (QED) is 0.872. The Labute approximate surface area is 115 Å². The molecule has 0 saturated heterocycles. The van der Waals surface area contributed by atoms with E-state index in [4.69, 9.17) is 16.7 Å². The molecule has 0 unspecified atom stereocenters. The van der Waals surface area contributed by atoms with Crippen LogP contribution < -0.4 is 5.32 Å². The number of amides is 2. The first-order chi connectivity index (χ1) is 8.90. The van der Waals surface area contributed by atoms with Crippen molar-refractivity contribution in [3.05, 3.63) is 34.6 Å². The lowest BCUT2D eigenvalue weighted by atomic mass is 10.2. The summed E-state index contributed by atoms with van der Waals surface area (Å²) in [4.78, 5) is 23.2. The Morgan fingerprint density at radius 1 is 1.47 bits per heavy atom. The highest BCUT2D eigenvalue weighted by Gasteiger charge is 2.10. The number of urea groups is 1. The maximum atomic E-state index is 12.9. The third-order valence-corrected chi connectivity index (χ3v) is 2.73. The lowest BCUT2D eigenvalue weighted by Crippen LogP contribution is -2.37. The number of nitrogens with zero attached hydrogens (tertiary/aromatic N) is 1. The molecular formula is C12H14ClFN2O3. The van der Waals surface area contributed by atoms with Crippen molar-refractivity contribution < 1.29 is 19.1 Å². The Kier molecular flexibility index (Phi) is 5.57. The van der Waals surface area contributed by atoms with E-state index in [-0.39, 0.29) is 24.5 Å². The number of halogens is 2. The third kappa shape index (κ3) is 5.13. The molecule has 5 nitrogen and oxygen atoms in total. The lowest BCUT2D eigenvalue weighted by molar-refractivity contribution is -0.137. The molecule has 1 aromatic rings. The molecule has 2 N–H and O–H groups in total. The smallest absolute Gasteiger partial charge is 0.317 e. The minimum atomic E-state index is -0.968. The maximum Gasteiger partial charge on any atom is 0.317 e. The van der Waals surface area contributed by atoms with E-state index in [1.807, 2.05) is 0 Å². The summed E-state index contributed by atoms with van der Waals surface area (Å²) < 4.78 is 12.9. The van der Waals surface area contributed by atoms with Crippen LogP contribution in [-0.2, 0) is 11.3 Å². The van der Waals surface area contributed by atoms with E-state index >= 15 is 0 Å². The Morgan fingerprint density at radius 2 is 2.16 bits per heavy atom. The second-order valence-electron chi connectivity index (χ2n) is 3.97. The van der Waals surface area contributed by atoms with Crippen LogP contribution in [0.25, 0.3) is 0 Å². The summed E-state index contributed by atoms with van der Waals surface area (Å²) >= 11 is 5.61. The van der Waals surface area contributed by atoms with Crippen molar-refractivity contribution in [3.63, 3.8) is 0 Å². The zero-order chi connectivity index (χ0) is 14.4. The molecule has 0 aromatic heterocycles. The van der Waals surface area contributed by atoms with Gasteiger partial charge in [-0.15, -0.1) is 0 Å². The summed E-state index contributed by atoms with van der Waals surface area (Å²) in [5, 5.41) is 11.1. The minimum Gasteiger partial charge on any atom is -0.481 e. The standard InChI is InChI=1S/C12H14ClFN2O3/c1-16(5-4-11(17)18)12(19)15-7-8-2-3-10(14)9(13)6-8/h2-3,6H,4-5,7H2,1H3,(H,15,19)(H,17,18). The molecule has 1 rings (SSSR count). The van der Waals surface area contributed by atoms with Gasteiger partial charge in [0.1, 0.15) is 5.82 Å². The second kappa shape index (κ2) is 6.94. The summed E-state index contributed by atoms with van der Waals surface area (Å²) in [6, 6.07) is 3.76. The molecule has 0 bridgehead atoms. The number of hydrogen-bond acceptors (Lipinski definition) is 2. The SMILES string of the molecule is CN(CCC(=O)O)C(=O)NCc1ccc(F)c(Cl)c1. The third-order valence-electron chi connectivity index (χ3n) is 2.44. The molecule has 2 amide bonds. The van der Waals surface area contributed by atoms with Crippen molar-refractivity contribution in [1.29, 1.82) is 0 Å². The normalized spacial score (nSPS) is 10.1. The summed E-state index contributed by atoms with van der Waals surface area (Å²) in [5.41, 5.74) is 0.659. The molecule has 19 heavy (non-hydrogen) atoms. The van der Waals surface area contributed by atoms with Gasteiger partial charge in [-0.05, 0) is 17.7 Å². The Hall–Kier alpha value is -1.82. The highest BCUT2D eigenvalue weighted by Crippen LogP contribution is 2.15. The zero-order valence-electron chi connectivity index (χ0n) is 10.3. The van der Waals surface area contributed by atoms with Gasteiger partial charge in [0.05, 0.1) is 11.4 Å². The van der Waals surface area contributed by atoms with E-state index in [9.17, 15) is 14.0 Å². The summed E-state index contributed by atoms with van der Waals surface area (Å²) in [6.07, 6.45) is -0.119. The van der Waals surface area contributed by atoms with E-state index in [0.29, 0.717) is 5.56 Å². The molecule has 0 saturated carbocycles. The summed E-state index contributed by atoms with van der Waals surface area (Å²) in [5.74, 6) is -1.49. The molecule has 0 spiro atoms. The van der Waals surface area contributed by atoms with Gasteiger partial charge in [-0.25, -0.2) is 9.18 Å². The number of hydrogen-bond donors (Lipinski definition) is 2. The first-order valence-electron chi connectivity index (χ1n) is 5.55. The summed E-state index contributed by atoms with van der Waals surface area (Å²) in [7, 11) is 1.50. The monoisotopic (exact) mass is 288 g/mol. The van der Waals surface area contributed by atoms with Crippen LogP contribution >= 0.6 is 11.6 Å². The van der Waals surface area contributed by atoms with Crippen molar-refractivity contribution >= 4 is 23.6 Å². The minimum absolute atomic E-state index is 0.00835. The zero-order valence-corrected chi connectivity index (χ0v) is 11.1. The van der Waals surface area contributed by atoms with Gasteiger partial charge in [0.25, 0.3) is 0 Å². The van der Waals surface area contributed by atoms with E-state index in [1.165, 1.54) is 30.1 Å². The van der Waals surface area contributed by atoms with Gasteiger partial charge in [0, 0.05) is 20.1 Å². The first-order valence-corrected chi connectivity index (χ1v) is 5.92. The predicted octanol–water partition coefficient (Wildman–Crippen LogP) is 2.10. The maximum absolute atomic E-state index is 12.9. The van der Waals surface area contributed by atoms with Gasteiger partial charge in [-0.3, -0.25) is 4.79 Å². The van der Waals surface area contributed by atoms with Gasteiger partial charge >= 0.3 is 12.0 Å². The van der Waals surface area contributed by atoms with Crippen molar-refractivity contribution in [2.24, 2.45) is 0 Å². The number of carbonyl (C=O) groups excluding carboxylic acids is 1. The van der Waals surface area contributed by atoms with Gasteiger partial charge in [-0.1, -0.05) is 17.7 Å². The fraction of sp³-hybridized carbons (Fsp3) is 0.333. The second-order valence-corrected chi connectivity index (χ2v) is 4.38. The Morgan fingerprint density at radius 3 is 2.74 bits per heavy atom. The average Bonchev–Trinajstić information content (AvgIpc) is 2.36. The van der Waals surface area contributed by atoms with Crippen molar-refractivity contribution in [2.45, 2.75) is 13.0 Å². The number of carboxylic acid groups (broad SMARTS) is 1. The predicted molar refractivity (Wildman–Crippen MR) is 68.5 cm³/mol. The molecular weight excluding hydrogens is 275 g/mol. The molecule has 0 atom stereocenters. The Bertz CT molecular complexity index is 482. The van der Waals surface area contributed by atoms with Crippen LogP contribution in [-0.4, -0.2) is 35.6 Å². The molecule has 7 heteroatoms. The van der Waals surface area contributed by atoms with E-state index in [0.717, 1.165) is 0 Å². The van der Waals surface area contributed by atoms with Crippen molar-refractivity contribution in [2.75, 3.05) is 13.6 Å². The van der Waals surface area contributed by atoms with Crippen LogP contribution in [0, 0.1) is 5.82 Å². The average molecular weight is 289 g/mol. The molecule has 104 valence electrons. The van der Waals surface area contributed by atoms with Crippen LogP contribution in [0.1, 0.15) is 12.0 Å². The number of carboxylic acids is 1. The number of nitrogens with one attached hydrogen (secondary N) is 1. The largest absolute Gasteiger partial charge is 0.481 e. The van der Waals surface area contributed by atoms with Gasteiger partial charge in [0.15, 0.2) is 0 Å². The van der Waals surface area contributed by atoms with Gasteiger partial charge in [0.2, 0.25) is 0 Å². The number of benzene rings is 1.